The lowest BCUT2D eigenvalue weighted by Crippen LogP contribution is -2.44. The molecule has 0 aliphatic heterocycles. The minimum Gasteiger partial charge on any atom is -0.495 e. The number of ether oxygens (including phenoxy) is 5. The molecule has 1 N–H and O–H groups in total. The Balaban J connectivity index is 1.66. The van der Waals surface area contributed by atoms with Gasteiger partial charge in [-0.1, -0.05) is 11.6 Å². The van der Waals surface area contributed by atoms with E-state index in [1.54, 1.807) is 25.1 Å². The van der Waals surface area contributed by atoms with Crippen LogP contribution in [0.15, 0.2) is 30.5 Å². The van der Waals surface area contributed by atoms with E-state index in [1.807, 2.05) is 0 Å². The molecule has 194 valence electrons. The van der Waals surface area contributed by atoms with Crippen LogP contribution in [-0.4, -0.2) is 55.3 Å². The summed E-state index contributed by atoms with van der Waals surface area (Å²) in [7, 11) is 2.88. The molecule has 36 heavy (non-hydrogen) atoms. The molecule has 1 fully saturated rings. The Kier molecular flexibility index (Phi) is 8.98. The number of esters is 2. The highest BCUT2D eigenvalue weighted by atomic mass is 35.5. The molecule has 0 bridgehead atoms. The first-order chi connectivity index (χ1) is 17.1. The highest BCUT2D eigenvalue weighted by molar-refractivity contribution is 6.32. The fraction of sp³-hybridized carbons (Fsp3) is 0.440. The van der Waals surface area contributed by atoms with E-state index in [0.29, 0.717) is 16.5 Å². The molecule has 1 aromatic carbocycles. The van der Waals surface area contributed by atoms with Crippen LogP contribution in [0.1, 0.15) is 44.1 Å². The van der Waals surface area contributed by atoms with Gasteiger partial charge < -0.3 is 29.0 Å². The lowest BCUT2D eigenvalue weighted by molar-refractivity contribution is -0.155. The topological polar surface area (TPSA) is 122 Å². The zero-order valence-corrected chi connectivity index (χ0v) is 21.5. The van der Waals surface area contributed by atoms with E-state index in [1.165, 1.54) is 40.3 Å². The number of carbonyl (C=O) groups is 3. The molecule has 1 amide bonds. The van der Waals surface area contributed by atoms with Crippen LogP contribution in [0.2, 0.25) is 5.02 Å². The molecule has 0 unspecified atom stereocenters. The van der Waals surface area contributed by atoms with Crippen molar-refractivity contribution in [3.63, 3.8) is 0 Å². The molecule has 1 aliphatic carbocycles. The van der Waals surface area contributed by atoms with E-state index in [-0.39, 0.29) is 23.1 Å². The van der Waals surface area contributed by atoms with Gasteiger partial charge in [0, 0.05) is 25.3 Å². The fourth-order valence-electron chi connectivity index (χ4n) is 3.54. The molecule has 0 radical (unpaired) electrons. The van der Waals surface area contributed by atoms with Crippen molar-refractivity contribution >= 4 is 29.4 Å². The van der Waals surface area contributed by atoms with Gasteiger partial charge in [0.2, 0.25) is 5.75 Å². The van der Waals surface area contributed by atoms with Gasteiger partial charge in [-0.15, -0.1) is 0 Å². The summed E-state index contributed by atoms with van der Waals surface area (Å²) in [6.07, 6.45) is 2.24. The van der Waals surface area contributed by atoms with E-state index in [0.717, 1.165) is 12.8 Å². The Hall–Kier alpha value is -3.53. The number of amides is 1. The summed E-state index contributed by atoms with van der Waals surface area (Å²) in [6, 6.07) is 5.50. The second-order valence-corrected chi connectivity index (χ2v) is 8.75. The van der Waals surface area contributed by atoms with Gasteiger partial charge in [0.05, 0.1) is 19.2 Å². The number of nitrogens with zero attached hydrogens (tertiary/aromatic N) is 1. The first kappa shape index (κ1) is 27.1. The maximum absolute atomic E-state index is 12.8. The van der Waals surface area contributed by atoms with Crippen LogP contribution in [0, 0.1) is 5.92 Å². The molecule has 2 aromatic rings. The monoisotopic (exact) mass is 520 g/mol. The predicted molar refractivity (Wildman–Crippen MR) is 130 cm³/mol. The van der Waals surface area contributed by atoms with E-state index in [2.05, 4.69) is 10.3 Å². The molecular weight excluding hydrogens is 492 g/mol. The number of pyridine rings is 1. The molecular formula is C25H29ClN2O8. The predicted octanol–water partition coefficient (Wildman–Crippen LogP) is 3.59. The highest BCUT2D eigenvalue weighted by Gasteiger charge is 2.39. The van der Waals surface area contributed by atoms with Crippen LogP contribution in [0.25, 0.3) is 0 Å². The molecule has 0 spiro atoms. The Bertz CT molecular complexity index is 1120. The lowest BCUT2D eigenvalue weighted by Gasteiger charge is -2.26. The lowest BCUT2D eigenvalue weighted by atomic mass is 10.1. The standard InChI is InChI=1S/C25H29ClN2O8/c1-13(28-24(30)21-23(35-15(3)29)19(32-4)10-11-27-21)25(31)34-14(2)22(16-6-7-16)36-17-8-9-18(26)20(12-17)33-5/h8-14,16,22H,6-7H2,1-5H3,(H,28,30)/t13-,14-,22-/m0/s1. The second-order valence-electron chi connectivity index (χ2n) is 8.34. The molecule has 11 heteroatoms. The van der Waals surface area contributed by atoms with Gasteiger partial charge in [-0.25, -0.2) is 9.78 Å². The zero-order chi connectivity index (χ0) is 26.4. The molecule has 1 aliphatic rings. The van der Waals surface area contributed by atoms with E-state index in [9.17, 15) is 14.4 Å². The Morgan fingerprint density at radius 1 is 1.08 bits per heavy atom. The summed E-state index contributed by atoms with van der Waals surface area (Å²) in [6.45, 7) is 4.41. The summed E-state index contributed by atoms with van der Waals surface area (Å²) in [5, 5.41) is 2.98. The van der Waals surface area contributed by atoms with Crippen molar-refractivity contribution in [3.05, 3.63) is 41.2 Å². The average molecular weight is 521 g/mol. The summed E-state index contributed by atoms with van der Waals surface area (Å²) >= 11 is 6.09. The maximum Gasteiger partial charge on any atom is 0.328 e. The third kappa shape index (κ3) is 6.78. The molecule has 0 saturated heterocycles. The Morgan fingerprint density at radius 2 is 1.78 bits per heavy atom. The number of rotatable bonds is 11. The minimum absolute atomic E-state index is 0.139. The van der Waals surface area contributed by atoms with Gasteiger partial charge in [-0.2, -0.15) is 0 Å². The van der Waals surface area contributed by atoms with E-state index >= 15 is 0 Å². The largest absolute Gasteiger partial charge is 0.495 e. The highest BCUT2D eigenvalue weighted by Crippen LogP contribution is 2.38. The number of aromatic nitrogens is 1. The van der Waals surface area contributed by atoms with Crippen molar-refractivity contribution in [2.45, 2.75) is 51.9 Å². The van der Waals surface area contributed by atoms with Gasteiger partial charge in [-0.05, 0) is 44.7 Å². The van der Waals surface area contributed by atoms with Crippen molar-refractivity contribution in [3.8, 4) is 23.0 Å². The number of hydrogen-bond donors (Lipinski definition) is 1. The van der Waals surface area contributed by atoms with Crippen LogP contribution in [0.5, 0.6) is 23.0 Å². The van der Waals surface area contributed by atoms with Crippen molar-refractivity contribution in [1.82, 2.24) is 10.3 Å². The van der Waals surface area contributed by atoms with Crippen LogP contribution in [0.3, 0.4) is 0 Å². The average Bonchev–Trinajstić information content (AvgIpc) is 3.68. The minimum atomic E-state index is -1.02. The molecule has 1 aromatic heterocycles. The number of methoxy groups -OCH3 is 2. The van der Waals surface area contributed by atoms with E-state index in [4.69, 9.17) is 35.3 Å². The van der Waals surface area contributed by atoms with Crippen molar-refractivity contribution < 1.29 is 38.1 Å². The van der Waals surface area contributed by atoms with Gasteiger partial charge >= 0.3 is 11.9 Å². The smallest absolute Gasteiger partial charge is 0.328 e. The number of halogens is 1. The molecule has 1 heterocycles. The number of carbonyl (C=O) groups excluding carboxylic acids is 3. The molecule has 3 atom stereocenters. The second kappa shape index (κ2) is 11.9. The zero-order valence-electron chi connectivity index (χ0n) is 20.7. The third-order valence-corrected chi connectivity index (χ3v) is 5.81. The van der Waals surface area contributed by atoms with Crippen molar-refractivity contribution in [2.75, 3.05) is 14.2 Å². The summed E-state index contributed by atoms with van der Waals surface area (Å²) in [5.41, 5.74) is -0.201. The summed E-state index contributed by atoms with van der Waals surface area (Å²) in [4.78, 5) is 41.1. The number of nitrogens with one attached hydrogen (secondary N) is 1. The van der Waals surface area contributed by atoms with Gasteiger partial charge in [0.15, 0.2) is 11.4 Å². The maximum atomic E-state index is 12.8. The van der Waals surface area contributed by atoms with Crippen molar-refractivity contribution in [1.29, 1.82) is 0 Å². The SMILES string of the molecule is COc1cc(O[C@H](C2CC2)[C@H](C)OC(=O)[C@H](C)NC(=O)c2nccc(OC)c2OC(C)=O)ccc1Cl. The first-order valence-corrected chi connectivity index (χ1v) is 11.7. The van der Waals surface area contributed by atoms with Gasteiger partial charge in [0.1, 0.15) is 29.7 Å². The molecule has 3 rings (SSSR count). The van der Waals surface area contributed by atoms with Crippen molar-refractivity contribution in [2.24, 2.45) is 5.92 Å². The Labute approximate surface area is 214 Å². The first-order valence-electron chi connectivity index (χ1n) is 11.4. The van der Waals surface area contributed by atoms with Crippen LogP contribution < -0.4 is 24.3 Å². The quantitative estimate of drug-likeness (QED) is 0.443. The molecule has 1 saturated carbocycles. The van der Waals surface area contributed by atoms with Crippen LogP contribution >= 0.6 is 11.6 Å². The molecule has 10 nitrogen and oxygen atoms in total. The summed E-state index contributed by atoms with van der Waals surface area (Å²) < 4.78 is 27.3. The Morgan fingerprint density at radius 3 is 2.39 bits per heavy atom. The number of benzene rings is 1. The van der Waals surface area contributed by atoms with Crippen LogP contribution in [-0.2, 0) is 14.3 Å². The van der Waals surface area contributed by atoms with Crippen LogP contribution in [0.4, 0.5) is 0 Å². The third-order valence-electron chi connectivity index (χ3n) is 5.50. The normalized spacial score (nSPS) is 15.2. The van der Waals surface area contributed by atoms with Gasteiger partial charge in [-0.3, -0.25) is 9.59 Å². The number of hydrogen-bond acceptors (Lipinski definition) is 9. The fourth-order valence-corrected chi connectivity index (χ4v) is 3.74. The van der Waals surface area contributed by atoms with Gasteiger partial charge in [0.25, 0.3) is 5.91 Å². The summed E-state index contributed by atoms with van der Waals surface area (Å²) in [5.74, 6) is -0.783. The van der Waals surface area contributed by atoms with E-state index < -0.39 is 36.1 Å².